The summed E-state index contributed by atoms with van der Waals surface area (Å²) in [4.78, 5) is 0. The van der Waals surface area contributed by atoms with Crippen LogP contribution in [0.25, 0.3) is 0 Å². The maximum Gasteiger partial charge on any atom is 0.125 e. The van der Waals surface area contributed by atoms with E-state index in [0.29, 0.717) is 0 Å². The van der Waals surface area contributed by atoms with Crippen LogP contribution < -0.4 is 15.8 Å². The van der Waals surface area contributed by atoms with Crippen molar-refractivity contribution in [3.05, 3.63) is 29.3 Å². The first-order valence-electron chi connectivity index (χ1n) is 7.30. The van der Waals surface area contributed by atoms with Gasteiger partial charge in [0.05, 0.1) is 13.2 Å². The molecule has 0 saturated heterocycles. The van der Waals surface area contributed by atoms with Crippen LogP contribution in [0.2, 0.25) is 0 Å². The van der Waals surface area contributed by atoms with Crippen LogP contribution >= 0.6 is 0 Å². The Labute approximate surface area is 117 Å². The van der Waals surface area contributed by atoms with E-state index < -0.39 is 0 Å². The molecule has 5 N–H and O–H groups in total. The first kappa shape index (κ1) is 16.0. The first-order chi connectivity index (χ1) is 8.95. The van der Waals surface area contributed by atoms with Gasteiger partial charge in [0.1, 0.15) is 18.8 Å². The Morgan fingerprint density at radius 3 is 2.53 bits per heavy atom. The van der Waals surface area contributed by atoms with Crippen LogP contribution in [-0.2, 0) is 5.41 Å². The fourth-order valence-electron chi connectivity index (χ4n) is 1.98. The van der Waals surface area contributed by atoms with Gasteiger partial charge in [0.2, 0.25) is 0 Å². The number of nitrogens with two attached hydrogens (primary N) is 1. The summed E-state index contributed by atoms with van der Waals surface area (Å²) < 4.78 is 5.85. The van der Waals surface area contributed by atoms with Crippen molar-refractivity contribution in [2.75, 3.05) is 26.2 Å². The molecule has 0 spiro atoms. The van der Waals surface area contributed by atoms with Gasteiger partial charge in [-0.1, -0.05) is 32.9 Å². The molecular weight excluding hydrogens is 236 g/mol. The van der Waals surface area contributed by atoms with E-state index in [0.717, 1.165) is 38.4 Å². The van der Waals surface area contributed by atoms with E-state index >= 15 is 0 Å². The molecule has 3 heteroatoms. The van der Waals surface area contributed by atoms with E-state index in [-0.39, 0.29) is 5.41 Å². The van der Waals surface area contributed by atoms with Gasteiger partial charge in [0, 0.05) is 6.42 Å². The number of hydrogen-bond donors (Lipinski definition) is 2. The number of ether oxygens (including phenoxy) is 1. The Hall–Kier alpha value is -1.06. The molecule has 3 nitrogen and oxygen atoms in total. The Morgan fingerprint density at radius 2 is 1.95 bits per heavy atom. The van der Waals surface area contributed by atoms with Crippen molar-refractivity contribution in [2.24, 2.45) is 0 Å². The molecule has 0 atom stereocenters. The number of hydrogen-bond acceptors (Lipinski definition) is 1. The molecule has 0 aliphatic carbocycles. The van der Waals surface area contributed by atoms with Gasteiger partial charge in [-0.25, -0.2) is 0 Å². The summed E-state index contributed by atoms with van der Waals surface area (Å²) in [6.07, 6.45) is 1.08. The predicted molar refractivity (Wildman–Crippen MR) is 79.4 cm³/mol. The van der Waals surface area contributed by atoms with Crippen LogP contribution in [0.3, 0.4) is 0 Å². The summed E-state index contributed by atoms with van der Waals surface area (Å²) in [6.45, 7) is 12.9. The van der Waals surface area contributed by atoms with E-state index in [4.69, 9.17) is 4.74 Å². The number of quaternary nitrogens is 2. The van der Waals surface area contributed by atoms with Crippen molar-refractivity contribution in [3.8, 4) is 5.75 Å². The van der Waals surface area contributed by atoms with E-state index in [1.54, 1.807) is 0 Å². The zero-order chi connectivity index (χ0) is 14.3. The van der Waals surface area contributed by atoms with Gasteiger partial charge in [0.25, 0.3) is 0 Å². The topological polar surface area (TPSA) is 53.5 Å². The van der Waals surface area contributed by atoms with Gasteiger partial charge >= 0.3 is 0 Å². The highest BCUT2D eigenvalue weighted by molar-refractivity contribution is 5.38. The van der Waals surface area contributed by atoms with Crippen LogP contribution in [0.15, 0.2) is 18.2 Å². The molecule has 0 heterocycles. The van der Waals surface area contributed by atoms with Crippen LogP contribution in [0.4, 0.5) is 0 Å². The minimum Gasteiger partial charge on any atom is -0.493 e. The lowest BCUT2D eigenvalue weighted by Gasteiger charge is -2.20. The molecule has 1 rings (SSSR count). The van der Waals surface area contributed by atoms with Gasteiger partial charge in [-0.15, -0.1) is 0 Å². The van der Waals surface area contributed by atoms with Crippen LogP contribution in [0, 0.1) is 6.92 Å². The van der Waals surface area contributed by atoms with Crippen molar-refractivity contribution in [1.29, 1.82) is 0 Å². The van der Waals surface area contributed by atoms with Gasteiger partial charge in [-0.3, -0.25) is 0 Å². The highest BCUT2D eigenvalue weighted by Gasteiger charge is 2.14. The molecule has 0 bridgehead atoms. The standard InChI is InChI=1S/C16H28N2O/c1-13-12-14(16(2,3)4)6-7-15(13)19-11-5-9-18-10-8-17/h6-7,12,18H,5,8-11,17H2,1-4H3/p+2. The second kappa shape index (κ2) is 7.51. The van der Waals surface area contributed by atoms with Gasteiger partial charge < -0.3 is 15.8 Å². The van der Waals surface area contributed by atoms with E-state index in [1.165, 1.54) is 11.1 Å². The highest BCUT2D eigenvalue weighted by atomic mass is 16.5. The molecule has 0 radical (unpaired) electrons. The largest absolute Gasteiger partial charge is 0.493 e. The lowest BCUT2D eigenvalue weighted by atomic mass is 9.86. The Balaban J connectivity index is 2.43. The van der Waals surface area contributed by atoms with Crippen LogP contribution in [-0.4, -0.2) is 26.2 Å². The molecule has 0 aliphatic rings. The van der Waals surface area contributed by atoms with E-state index in [2.05, 4.69) is 56.9 Å². The zero-order valence-electron chi connectivity index (χ0n) is 13.0. The molecule has 0 fully saturated rings. The third kappa shape index (κ3) is 5.62. The number of benzene rings is 1. The average molecular weight is 266 g/mol. The molecule has 0 amide bonds. The van der Waals surface area contributed by atoms with Crippen molar-refractivity contribution >= 4 is 0 Å². The lowest BCUT2D eigenvalue weighted by Crippen LogP contribution is -2.88. The van der Waals surface area contributed by atoms with E-state index in [1.807, 2.05) is 0 Å². The minimum atomic E-state index is 0.201. The van der Waals surface area contributed by atoms with Crippen molar-refractivity contribution in [2.45, 2.75) is 39.5 Å². The second-order valence-corrected chi connectivity index (χ2v) is 6.15. The summed E-state index contributed by atoms with van der Waals surface area (Å²) in [7, 11) is 0. The summed E-state index contributed by atoms with van der Waals surface area (Å²) in [6, 6.07) is 6.52. The monoisotopic (exact) mass is 266 g/mol. The Kier molecular flexibility index (Phi) is 6.32. The third-order valence-corrected chi connectivity index (χ3v) is 3.26. The SMILES string of the molecule is Cc1cc(C(C)(C)C)ccc1OCCC[NH2+]CC[NH3+]. The Bertz CT molecular complexity index is 383. The fourth-order valence-corrected chi connectivity index (χ4v) is 1.98. The molecule has 0 aliphatic heterocycles. The fraction of sp³-hybridized carbons (Fsp3) is 0.625. The lowest BCUT2D eigenvalue weighted by molar-refractivity contribution is -0.670. The van der Waals surface area contributed by atoms with Crippen molar-refractivity contribution < 1.29 is 15.8 Å². The van der Waals surface area contributed by atoms with Gasteiger partial charge in [0.15, 0.2) is 0 Å². The van der Waals surface area contributed by atoms with Crippen LogP contribution in [0.1, 0.15) is 38.3 Å². The minimum absolute atomic E-state index is 0.201. The quantitative estimate of drug-likeness (QED) is 0.707. The van der Waals surface area contributed by atoms with E-state index in [9.17, 15) is 0 Å². The predicted octanol–water partition coefficient (Wildman–Crippen LogP) is 0.867. The maximum atomic E-state index is 5.85. The number of aryl methyl sites for hydroxylation is 1. The second-order valence-electron chi connectivity index (χ2n) is 6.15. The van der Waals surface area contributed by atoms with Crippen LogP contribution in [0.5, 0.6) is 5.75 Å². The normalized spacial score (nSPS) is 11.6. The molecule has 108 valence electrons. The summed E-state index contributed by atoms with van der Waals surface area (Å²) in [5.41, 5.74) is 6.62. The number of rotatable bonds is 7. The average Bonchev–Trinajstić information content (AvgIpc) is 2.34. The van der Waals surface area contributed by atoms with Crippen molar-refractivity contribution in [1.82, 2.24) is 0 Å². The summed E-state index contributed by atoms with van der Waals surface area (Å²) in [5.74, 6) is 1.02. The zero-order valence-corrected chi connectivity index (χ0v) is 13.0. The molecule has 1 aromatic carbocycles. The molecule has 0 saturated carbocycles. The Morgan fingerprint density at radius 1 is 1.21 bits per heavy atom. The molecule has 1 aromatic rings. The van der Waals surface area contributed by atoms with Gasteiger partial charge in [-0.05, 0) is 29.5 Å². The molecule has 19 heavy (non-hydrogen) atoms. The molecule has 0 aromatic heterocycles. The molecule has 0 unspecified atom stereocenters. The summed E-state index contributed by atoms with van der Waals surface area (Å²) in [5, 5.41) is 2.30. The molecular formula is C16H30N2O+2. The van der Waals surface area contributed by atoms with Crippen molar-refractivity contribution in [3.63, 3.8) is 0 Å². The van der Waals surface area contributed by atoms with Gasteiger partial charge in [-0.2, -0.15) is 0 Å². The summed E-state index contributed by atoms with van der Waals surface area (Å²) >= 11 is 0. The maximum absolute atomic E-state index is 5.85. The first-order valence-corrected chi connectivity index (χ1v) is 7.30. The highest BCUT2D eigenvalue weighted by Crippen LogP contribution is 2.27. The third-order valence-electron chi connectivity index (χ3n) is 3.26. The smallest absolute Gasteiger partial charge is 0.125 e.